The Bertz CT molecular complexity index is 311. The van der Waals surface area contributed by atoms with Crippen molar-refractivity contribution in [2.45, 2.75) is 29.9 Å². The van der Waals surface area contributed by atoms with Gasteiger partial charge in [-0.1, -0.05) is 43.8 Å². The lowest BCUT2D eigenvalue weighted by Crippen LogP contribution is -2.12. The topological polar surface area (TPSA) is 17.1 Å². The van der Waals surface area contributed by atoms with Gasteiger partial charge in [0.15, 0.2) is 5.78 Å². The fourth-order valence-electron chi connectivity index (χ4n) is 1.18. The SMILES string of the molecule is CC(C)CC(=O)C(Cl)Sc1ccccc1. The van der Waals surface area contributed by atoms with E-state index in [9.17, 15) is 4.79 Å². The fourth-order valence-corrected chi connectivity index (χ4v) is 2.36. The van der Waals surface area contributed by atoms with Crippen molar-refractivity contribution in [1.29, 1.82) is 0 Å². The molecule has 15 heavy (non-hydrogen) atoms. The van der Waals surface area contributed by atoms with Crippen LogP contribution in [0.15, 0.2) is 35.2 Å². The summed E-state index contributed by atoms with van der Waals surface area (Å²) in [5.41, 5.74) is 0. The average molecular weight is 243 g/mol. The van der Waals surface area contributed by atoms with Crippen molar-refractivity contribution in [3.05, 3.63) is 30.3 Å². The number of carbonyl (C=O) groups excluding carboxylic acids is 1. The van der Waals surface area contributed by atoms with Gasteiger partial charge in [0.1, 0.15) is 4.71 Å². The standard InChI is InChI=1S/C12H15ClOS/c1-9(2)8-11(14)12(13)15-10-6-4-3-5-7-10/h3-7,9,12H,8H2,1-2H3. The molecule has 0 N–H and O–H groups in total. The zero-order valence-corrected chi connectivity index (χ0v) is 10.5. The van der Waals surface area contributed by atoms with Gasteiger partial charge in [-0.3, -0.25) is 4.79 Å². The van der Waals surface area contributed by atoms with Crippen molar-refractivity contribution in [1.82, 2.24) is 0 Å². The third-order valence-electron chi connectivity index (χ3n) is 1.85. The van der Waals surface area contributed by atoms with Crippen LogP contribution in [-0.2, 0) is 4.79 Å². The van der Waals surface area contributed by atoms with E-state index in [-0.39, 0.29) is 5.78 Å². The van der Waals surface area contributed by atoms with E-state index in [1.807, 2.05) is 44.2 Å². The summed E-state index contributed by atoms with van der Waals surface area (Å²) in [5.74, 6) is 0.482. The number of rotatable bonds is 5. The number of hydrogen-bond donors (Lipinski definition) is 0. The van der Waals surface area contributed by atoms with E-state index < -0.39 is 4.71 Å². The Labute approximate surface area is 100 Å². The first-order chi connectivity index (χ1) is 7.09. The number of alkyl halides is 1. The summed E-state index contributed by atoms with van der Waals surface area (Å²) < 4.78 is -0.463. The molecule has 0 aliphatic heterocycles. The van der Waals surface area contributed by atoms with Crippen molar-refractivity contribution < 1.29 is 4.79 Å². The maximum absolute atomic E-state index is 11.6. The van der Waals surface area contributed by atoms with Gasteiger partial charge in [-0.15, -0.1) is 11.6 Å². The summed E-state index contributed by atoms with van der Waals surface area (Å²) in [6.07, 6.45) is 0.550. The Hall–Kier alpha value is -0.470. The second-order valence-electron chi connectivity index (χ2n) is 3.81. The fraction of sp³-hybridized carbons (Fsp3) is 0.417. The number of hydrogen-bond acceptors (Lipinski definition) is 2. The molecule has 1 atom stereocenters. The summed E-state index contributed by atoms with van der Waals surface area (Å²) in [6.45, 7) is 4.05. The van der Waals surface area contributed by atoms with E-state index in [0.29, 0.717) is 12.3 Å². The lowest BCUT2D eigenvalue weighted by atomic mass is 10.1. The van der Waals surface area contributed by atoms with Crippen LogP contribution in [0.5, 0.6) is 0 Å². The van der Waals surface area contributed by atoms with Gasteiger partial charge in [0.25, 0.3) is 0 Å². The maximum Gasteiger partial charge on any atom is 0.161 e. The molecule has 0 saturated heterocycles. The van der Waals surface area contributed by atoms with Crippen LogP contribution in [0, 0.1) is 5.92 Å². The minimum absolute atomic E-state index is 0.112. The third kappa shape index (κ3) is 4.72. The molecule has 0 aliphatic carbocycles. The lowest BCUT2D eigenvalue weighted by Gasteiger charge is -2.09. The molecule has 1 aromatic carbocycles. The molecule has 82 valence electrons. The van der Waals surface area contributed by atoms with Gasteiger partial charge < -0.3 is 0 Å². The number of carbonyl (C=O) groups is 1. The summed E-state index contributed by atoms with van der Waals surface area (Å²) >= 11 is 7.43. The highest BCUT2D eigenvalue weighted by Gasteiger charge is 2.17. The first kappa shape index (κ1) is 12.6. The van der Waals surface area contributed by atoms with Crippen LogP contribution in [0.25, 0.3) is 0 Å². The molecule has 0 heterocycles. The van der Waals surface area contributed by atoms with Crippen LogP contribution < -0.4 is 0 Å². The molecule has 1 nitrogen and oxygen atoms in total. The van der Waals surface area contributed by atoms with Gasteiger partial charge in [-0.25, -0.2) is 0 Å². The monoisotopic (exact) mass is 242 g/mol. The van der Waals surface area contributed by atoms with Crippen molar-refractivity contribution in [2.75, 3.05) is 0 Å². The summed E-state index contributed by atoms with van der Waals surface area (Å²) in [4.78, 5) is 12.6. The predicted molar refractivity (Wildman–Crippen MR) is 66.4 cm³/mol. The highest BCUT2D eigenvalue weighted by molar-refractivity contribution is 8.01. The normalized spacial score (nSPS) is 12.8. The molecule has 0 bridgehead atoms. The van der Waals surface area contributed by atoms with Gasteiger partial charge in [-0.05, 0) is 18.1 Å². The molecule has 0 amide bonds. The van der Waals surface area contributed by atoms with E-state index in [0.717, 1.165) is 4.90 Å². The molecule has 1 aromatic rings. The van der Waals surface area contributed by atoms with Crippen molar-refractivity contribution in [3.63, 3.8) is 0 Å². The van der Waals surface area contributed by atoms with Crippen LogP contribution in [-0.4, -0.2) is 10.5 Å². The predicted octanol–water partition coefficient (Wildman–Crippen LogP) is 3.96. The van der Waals surface area contributed by atoms with E-state index >= 15 is 0 Å². The summed E-state index contributed by atoms with van der Waals surface area (Å²) in [7, 11) is 0. The molecular weight excluding hydrogens is 228 g/mol. The number of ketones is 1. The minimum atomic E-state index is -0.463. The van der Waals surface area contributed by atoms with Crippen molar-refractivity contribution in [2.24, 2.45) is 5.92 Å². The molecular formula is C12H15ClOS. The van der Waals surface area contributed by atoms with Gasteiger partial charge in [-0.2, -0.15) is 0 Å². The molecule has 0 spiro atoms. The third-order valence-corrected chi connectivity index (χ3v) is 3.37. The van der Waals surface area contributed by atoms with Crippen LogP contribution in [0.4, 0.5) is 0 Å². The number of halogens is 1. The number of Topliss-reactive ketones (excluding diaryl/α,β-unsaturated/α-hetero) is 1. The Morgan fingerprint density at radius 1 is 1.33 bits per heavy atom. The molecule has 0 aliphatic rings. The number of thioether (sulfide) groups is 1. The van der Waals surface area contributed by atoms with Gasteiger partial charge >= 0.3 is 0 Å². The molecule has 0 fully saturated rings. The molecule has 1 unspecified atom stereocenters. The quantitative estimate of drug-likeness (QED) is 0.574. The smallest absolute Gasteiger partial charge is 0.161 e. The largest absolute Gasteiger partial charge is 0.297 e. The highest BCUT2D eigenvalue weighted by Crippen LogP contribution is 2.27. The average Bonchev–Trinajstić information content (AvgIpc) is 2.18. The summed E-state index contributed by atoms with van der Waals surface area (Å²) in [6, 6.07) is 9.76. The van der Waals surface area contributed by atoms with Gasteiger partial charge in [0.05, 0.1) is 0 Å². The molecule has 0 saturated carbocycles. The Morgan fingerprint density at radius 2 is 1.93 bits per heavy atom. The first-order valence-electron chi connectivity index (χ1n) is 4.98. The zero-order chi connectivity index (χ0) is 11.3. The molecule has 3 heteroatoms. The molecule has 1 rings (SSSR count). The number of benzene rings is 1. The Kier molecular flexibility index (Phi) is 5.20. The highest BCUT2D eigenvalue weighted by atomic mass is 35.5. The Morgan fingerprint density at radius 3 is 2.47 bits per heavy atom. The van der Waals surface area contributed by atoms with Crippen LogP contribution in [0.2, 0.25) is 0 Å². The minimum Gasteiger partial charge on any atom is -0.297 e. The van der Waals surface area contributed by atoms with Crippen molar-refractivity contribution in [3.8, 4) is 0 Å². The van der Waals surface area contributed by atoms with E-state index in [4.69, 9.17) is 11.6 Å². The maximum atomic E-state index is 11.6. The van der Waals surface area contributed by atoms with E-state index in [1.165, 1.54) is 11.8 Å². The molecule has 0 radical (unpaired) electrons. The van der Waals surface area contributed by atoms with Gasteiger partial charge in [0, 0.05) is 11.3 Å². The van der Waals surface area contributed by atoms with Gasteiger partial charge in [0.2, 0.25) is 0 Å². The lowest BCUT2D eigenvalue weighted by molar-refractivity contribution is -0.117. The van der Waals surface area contributed by atoms with Crippen molar-refractivity contribution >= 4 is 29.1 Å². The second-order valence-corrected chi connectivity index (χ2v) is 5.68. The van der Waals surface area contributed by atoms with Crippen LogP contribution >= 0.6 is 23.4 Å². The van der Waals surface area contributed by atoms with Crippen LogP contribution in [0.1, 0.15) is 20.3 Å². The van der Waals surface area contributed by atoms with E-state index in [2.05, 4.69) is 0 Å². The second kappa shape index (κ2) is 6.19. The van der Waals surface area contributed by atoms with Crippen LogP contribution in [0.3, 0.4) is 0 Å². The van der Waals surface area contributed by atoms with E-state index in [1.54, 1.807) is 0 Å². The summed E-state index contributed by atoms with van der Waals surface area (Å²) in [5, 5.41) is 0. The first-order valence-corrected chi connectivity index (χ1v) is 6.29. The Balaban J connectivity index is 2.49. The zero-order valence-electron chi connectivity index (χ0n) is 8.94. The molecule has 0 aromatic heterocycles.